The van der Waals surface area contributed by atoms with Crippen LogP contribution in [0.5, 0.6) is 11.5 Å². The fourth-order valence-corrected chi connectivity index (χ4v) is 2.81. The van der Waals surface area contributed by atoms with Gasteiger partial charge in [0, 0.05) is 12.6 Å². The molecule has 0 amide bonds. The maximum Gasteiger partial charge on any atom is 0.240 e. The van der Waals surface area contributed by atoms with E-state index in [1.54, 1.807) is 6.07 Å². The molecule has 7 heteroatoms. The number of nitrogens with two attached hydrogens (primary N) is 1. The van der Waals surface area contributed by atoms with Crippen LogP contribution >= 0.6 is 0 Å². The number of hydrogen-bond acceptors (Lipinski definition) is 5. The summed E-state index contributed by atoms with van der Waals surface area (Å²) < 4.78 is 36.9. The Labute approximate surface area is 120 Å². The quantitative estimate of drug-likeness (QED) is 0.667. The minimum Gasteiger partial charge on any atom is -0.493 e. The molecule has 0 saturated heterocycles. The van der Waals surface area contributed by atoms with E-state index in [4.69, 9.17) is 15.2 Å². The maximum atomic E-state index is 12.1. The highest BCUT2D eigenvalue weighted by molar-refractivity contribution is 7.89. The Morgan fingerprint density at radius 1 is 1.10 bits per heavy atom. The van der Waals surface area contributed by atoms with Gasteiger partial charge in [0.2, 0.25) is 10.0 Å². The van der Waals surface area contributed by atoms with E-state index in [0.29, 0.717) is 24.6 Å². The van der Waals surface area contributed by atoms with Gasteiger partial charge in [-0.05, 0) is 31.5 Å². The van der Waals surface area contributed by atoms with Crippen molar-refractivity contribution < 1.29 is 17.9 Å². The zero-order valence-electron chi connectivity index (χ0n) is 11.9. The molecule has 1 rings (SSSR count). The predicted octanol–water partition coefficient (Wildman–Crippen LogP) is 1.11. The summed E-state index contributed by atoms with van der Waals surface area (Å²) in [6.07, 6.45) is 2.58. The molecule has 0 saturated carbocycles. The van der Waals surface area contributed by atoms with E-state index in [0.717, 1.165) is 19.3 Å². The Kier molecular flexibility index (Phi) is 6.77. The monoisotopic (exact) mass is 302 g/mol. The summed E-state index contributed by atoms with van der Waals surface area (Å²) in [5.41, 5.74) is 5.38. The predicted molar refractivity (Wildman–Crippen MR) is 77.6 cm³/mol. The molecule has 1 aromatic rings. The van der Waals surface area contributed by atoms with E-state index in [9.17, 15) is 8.42 Å². The normalized spacial score (nSPS) is 11.3. The van der Waals surface area contributed by atoms with Crippen molar-refractivity contribution in [2.45, 2.75) is 24.2 Å². The molecule has 0 bridgehead atoms. The molecule has 6 nitrogen and oxygen atoms in total. The average Bonchev–Trinajstić information content (AvgIpc) is 2.46. The van der Waals surface area contributed by atoms with Crippen LogP contribution in [0.3, 0.4) is 0 Å². The van der Waals surface area contributed by atoms with Crippen molar-refractivity contribution >= 4 is 10.0 Å². The fraction of sp³-hybridized carbons (Fsp3) is 0.538. The second kappa shape index (κ2) is 8.08. The smallest absolute Gasteiger partial charge is 0.240 e. The van der Waals surface area contributed by atoms with Crippen LogP contribution in [-0.4, -0.2) is 35.7 Å². The van der Waals surface area contributed by atoms with E-state index in [1.807, 2.05) is 0 Å². The Morgan fingerprint density at radius 3 is 2.40 bits per heavy atom. The number of unbranched alkanes of at least 4 members (excludes halogenated alkanes) is 2. The van der Waals surface area contributed by atoms with Crippen molar-refractivity contribution in [3.63, 3.8) is 0 Å². The van der Waals surface area contributed by atoms with E-state index in [1.165, 1.54) is 26.4 Å². The second-order valence-electron chi connectivity index (χ2n) is 4.26. The van der Waals surface area contributed by atoms with E-state index in [2.05, 4.69) is 4.72 Å². The van der Waals surface area contributed by atoms with Crippen molar-refractivity contribution in [1.82, 2.24) is 4.72 Å². The number of nitrogens with one attached hydrogen (secondary N) is 1. The van der Waals surface area contributed by atoms with Gasteiger partial charge in [0.25, 0.3) is 0 Å². The first-order chi connectivity index (χ1) is 9.55. The maximum absolute atomic E-state index is 12.1. The lowest BCUT2D eigenvalue weighted by molar-refractivity contribution is 0.354. The molecule has 1 aromatic carbocycles. The van der Waals surface area contributed by atoms with Crippen LogP contribution in [0.1, 0.15) is 19.3 Å². The van der Waals surface area contributed by atoms with Crippen molar-refractivity contribution in [1.29, 1.82) is 0 Å². The average molecular weight is 302 g/mol. The van der Waals surface area contributed by atoms with Crippen LogP contribution in [-0.2, 0) is 10.0 Å². The molecule has 114 valence electrons. The Bertz CT molecular complexity index is 517. The molecule has 0 unspecified atom stereocenters. The van der Waals surface area contributed by atoms with Gasteiger partial charge >= 0.3 is 0 Å². The summed E-state index contributed by atoms with van der Waals surface area (Å²) in [5.74, 6) is 0.882. The SMILES string of the molecule is COc1ccc(S(=O)(=O)NCCCCCN)cc1OC. The van der Waals surface area contributed by atoms with Crippen LogP contribution in [0, 0.1) is 0 Å². The van der Waals surface area contributed by atoms with Gasteiger partial charge in [0.1, 0.15) is 0 Å². The van der Waals surface area contributed by atoms with E-state index in [-0.39, 0.29) is 4.90 Å². The lowest BCUT2D eigenvalue weighted by Gasteiger charge is -2.11. The minimum atomic E-state index is -3.52. The fourth-order valence-electron chi connectivity index (χ4n) is 1.72. The summed E-state index contributed by atoms with van der Waals surface area (Å²) in [5, 5.41) is 0. The number of sulfonamides is 1. The van der Waals surface area contributed by atoms with Gasteiger partial charge in [-0.3, -0.25) is 0 Å². The van der Waals surface area contributed by atoms with E-state index < -0.39 is 10.0 Å². The third kappa shape index (κ3) is 4.66. The van der Waals surface area contributed by atoms with Crippen LogP contribution in [0.15, 0.2) is 23.1 Å². The third-order valence-electron chi connectivity index (χ3n) is 2.84. The summed E-state index contributed by atoms with van der Waals surface area (Å²) in [4.78, 5) is 0.161. The van der Waals surface area contributed by atoms with Crippen molar-refractivity contribution in [2.24, 2.45) is 5.73 Å². The van der Waals surface area contributed by atoms with Crippen molar-refractivity contribution in [3.05, 3.63) is 18.2 Å². The zero-order chi connectivity index (χ0) is 15.0. The third-order valence-corrected chi connectivity index (χ3v) is 4.30. The molecular formula is C13H22N2O4S. The minimum absolute atomic E-state index is 0.161. The van der Waals surface area contributed by atoms with Gasteiger partial charge in [0.05, 0.1) is 19.1 Å². The number of ether oxygens (including phenoxy) is 2. The Hall–Kier alpha value is -1.31. The molecule has 0 aromatic heterocycles. The highest BCUT2D eigenvalue weighted by atomic mass is 32.2. The zero-order valence-corrected chi connectivity index (χ0v) is 12.7. The molecule has 0 spiro atoms. The van der Waals surface area contributed by atoms with Crippen LogP contribution in [0.25, 0.3) is 0 Å². The van der Waals surface area contributed by atoms with Crippen LogP contribution in [0.2, 0.25) is 0 Å². The molecule has 0 atom stereocenters. The molecule has 20 heavy (non-hydrogen) atoms. The van der Waals surface area contributed by atoms with Crippen molar-refractivity contribution in [2.75, 3.05) is 27.3 Å². The molecule has 0 aliphatic heterocycles. The second-order valence-corrected chi connectivity index (χ2v) is 6.03. The summed E-state index contributed by atoms with van der Waals surface area (Å²) in [6.45, 7) is 1.03. The lowest BCUT2D eigenvalue weighted by Crippen LogP contribution is -2.25. The summed E-state index contributed by atoms with van der Waals surface area (Å²) in [7, 11) is -0.553. The Balaban J connectivity index is 2.72. The van der Waals surface area contributed by atoms with Gasteiger partial charge in [-0.15, -0.1) is 0 Å². The number of rotatable bonds is 9. The van der Waals surface area contributed by atoms with Crippen LogP contribution in [0.4, 0.5) is 0 Å². The number of hydrogen-bond donors (Lipinski definition) is 2. The molecule has 0 aliphatic carbocycles. The molecule has 0 aliphatic rings. The number of benzene rings is 1. The molecular weight excluding hydrogens is 280 g/mol. The first-order valence-corrected chi connectivity index (χ1v) is 7.95. The standard InChI is InChI=1S/C13H22N2O4S/c1-18-12-7-6-11(10-13(12)19-2)20(16,17)15-9-5-3-4-8-14/h6-7,10,15H,3-5,8-9,14H2,1-2H3. The first-order valence-electron chi connectivity index (χ1n) is 6.47. The first kappa shape index (κ1) is 16.7. The number of methoxy groups -OCH3 is 2. The Morgan fingerprint density at radius 2 is 1.80 bits per heavy atom. The van der Waals surface area contributed by atoms with Gasteiger partial charge < -0.3 is 15.2 Å². The highest BCUT2D eigenvalue weighted by Gasteiger charge is 2.16. The van der Waals surface area contributed by atoms with Gasteiger partial charge in [-0.2, -0.15) is 0 Å². The largest absolute Gasteiger partial charge is 0.493 e. The summed E-state index contributed by atoms with van der Waals surface area (Å²) >= 11 is 0. The highest BCUT2D eigenvalue weighted by Crippen LogP contribution is 2.29. The topological polar surface area (TPSA) is 90.7 Å². The van der Waals surface area contributed by atoms with Crippen molar-refractivity contribution in [3.8, 4) is 11.5 Å². The van der Waals surface area contributed by atoms with E-state index >= 15 is 0 Å². The lowest BCUT2D eigenvalue weighted by atomic mass is 10.2. The van der Waals surface area contributed by atoms with Crippen LogP contribution < -0.4 is 19.9 Å². The summed E-state index contributed by atoms with van der Waals surface area (Å²) in [6, 6.07) is 4.51. The van der Waals surface area contributed by atoms with Gasteiger partial charge in [-0.1, -0.05) is 6.42 Å². The molecule has 0 heterocycles. The molecule has 3 N–H and O–H groups in total. The molecule has 0 radical (unpaired) electrons. The molecule has 0 fully saturated rings. The van der Waals surface area contributed by atoms with Gasteiger partial charge in [0.15, 0.2) is 11.5 Å². The van der Waals surface area contributed by atoms with Gasteiger partial charge in [-0.25, -0.2) is 13.1 Å².